The number of aliphatic carboxylic acids is 1. The number of rotatable bonds is 5. The lowest BCUT2D eigenvalue weighted by Crippen LogP contribution is -2.12. The van der Waals surface area contributed by atoms with Gasteiger partial charge in [-0.3, -0.25) is 0 Å². The molecule has 1 aliphatic rings. The number of halogens is 3. The van der Waals surface area contributed by atoms with Crippen LogP contribution in [-0.2, 0) is 23.1 Å². The molecule has 160 valence electrons. The summed E-state index contributed by atoms with van der Waals surface area (Å²) in [6.07, 6.45) is -2.32. The Morgan fingerprint density at radius 2 is 1.97 bits per heavy atom. The highest BCUT2D eigenvalue weighted by Crippen LogP contribution is 2.36. The number of carboxylic acids is 1. The molecule has 1 N–H and O–H groups in total. The van der Waals surface area contributed by atoms with Crippen molar-refractivity contribution < 1.29 is 27.8 Å². The number of ether oxygens (including phenoxy) is 1. The van der Waals surface area contributed by atoms with Crippen LogP contribution >= 0.6 is 23.1 Å². The van der Waals surface area contributed by atoms with Gasteiger partial charge in [-0.1, -0.05) is 12.1 Å². The van der Waals surface area contributed by atoms with Crippen molar-refractivity contribution in [2.24, 2.45) is 0 Å². The number of thiazole rings is 1. The molecule has 0 saturated carbocycles. The number of aryl methyl sites for hydroxylation is 1. The van der Waals surface area contributed by atoms with E-state index in [2.05, 4.69) is 4.98 Å². The fourth-order valence-electron chi connectivity index (χ4n) is 3.03. The average Bonchev–Trinajstić information content (AvgIpc) is 3.11. The first-order chi connectivity index (χ1) is 14.7. The van der Waals surface area contributed by atoms with E-state index in [0.717, 1.165) is 33.2 Å². The summed E-state index contributed by atoms with van der Waals surface area (Å²) in [6.45, 7) is 1.89. The quantitative estimate of drug-likeness (QED) is 0.448. The highest BCUT2D eigenvalue weighted by atomic mass is 32.2. The maximum absolute atomic E-state index is 12.8. The van der Waals surface area contributed by atoms with Gasteiger partial charge in [-0.15, -0.1) is 23.1 Å². The van der Waals surface area contributed by atoms with E-state index in [9.17, 15) is 18.0 Å². The van der Waals surface area contributed by atoms with E-state index < -0.39 is 17.7 Å². The Balaban J connectivity index is 1.45. The second kappa shape index (κ2) is 8.39. The van der Waals surface area contributed by atoms with E-state index in [-0.39, 0.29) is 5.76 Å². The first-order valence-corrected chi connectivity index (χ1v) is 11.0. The third-order valence-corrected chi connectivity index (χ3v) is 7.10. The number of hydrogen-bond acceptors (Lipinski definition) is 5. The Kier molecular flexibility index (Phi) is 5.81. The molecule has 0 spiro atoms. The van der Waals surface area contributed by atoms with Crippen LogP contribution in [0.4, 0.5) is 13.2 Å². The van der Waals surface area contributed by atoms with Crippen molar-refractivity contribution in [3.05, 3.63) is 76.0 Å². The van der Waals surface area contributed by atoms with Crippen LogP contribution in [0.5, 0.6) is 5.75 Å². The number of aromatic nitrogens is 1. The Morgan fingerprint density at radius 1 is 1.23 bits per heavy atom. The van der Waals surface area contributed by atoms with Gasteiger partial charge in [-0.2, -0.15) is 13.2 Å². The van der Waals surface area contributed by atoms with Crippen molar-refractivity contribution in [3.8, 4) is 16.3 Å². The van der Waals surface area contributed by atoms with Crippen LogP contribution < -0.4 is 4.74 Å². The lowest BCUT2D eigenvalue weighted by atomic mass is 10.1. The van der Waals surface area contributed by atoms with E-state index in [4.69, 9.17) is 9.84 Å². The van der Waals surface area contributed by atoms with E-state index in [1.807, 2.05) is 19.1 Å². The third kappa shape index (κ3) is 4.77. The van der Waals surface area contributed by atoms with Crippen molar-refractivity contribution in [2.45, 2.75) is 30.2 Å². The number of carbonyl (C=O) groups is 1. The average molecular weight is 464 g/mol. The minimum absolute atomic E-state index is 0.0658. The summed E-state index contributed by atoms with van der Waals surface area (Å²) in [7, 11) is 0. The van der Waals surface area contributed by atoms with Crippen LogP contribution in [-0.4, -0.2) is 16.1 Å². The van der Waals surface area contributed by atoms with Crippen molar-refractivity contribution in [2.75, 3.05) is 0 Å². The second-order valence-electron chi connectivity index (χ2n) is 6.84. The first kappa shape index (κ1) is 21.5. The zero-order chi connectivity index (χ0) is 22.2. The van der Waals surface area contributed by atoms with Gasteiger partial charge < -0.3 is 9.84 Å². The number of fused-ring (bicyclic) bond motifs is 1. The predicted octanol–water partition coefficient (Wildman–Crippen LogP) is 6.33. The van der Waals surface area contributed by atoms with Crippen LogP contribution in [0, 0.1) is 6.92 Å². The van der Waals surface area contributed by atoms with Crippen molar-refractivity contribution in [1.82, 2.24) is 4.98 Å². The molecule has 0 radical (unpaired) electrons. The molecular weight excluding hydrogens is 447 g/mol. The lowest BCUT2D eigenvalue weighted by Gasteiger charge is -2.16. The number of hydrogen-bond donors (Lipinski definition) is 1. The highest BCUT2D eigenvalue weighted by molar-refractivity contribution is 7.98. The molecule has 0 saturated heterocycles. The van der Waals surface area contributed by atoms with E-state index >= 15 is 0 Å². The molecular formula is C22H16F3NO3S2. The fraction of sp³-hybridized carbons (Fsp3) is 0.182. The first-order valence-electron chi connectivity index (χ1n) is 9.21. The van der Waals surface area contributed by atoms with E-state index in [0.29, 0.717) is 28.5 Å². The minimum atomic E-state index is -4.36. The molecule has 2 aromatic carbocycles. The Labute approximate surface area is 184 Å². The molecule has 31 heavy (non-hydrogen) atoms. The molecule has 0 aliphatic carbocycles. The number of alkyl halides is 3. The summed E-state index contributed by atoms with van der Waals surface area (Å²) < 4.78 is 43.7. The number of allylic oxidation sites excluding steroid dienone is 1. The zero-order valence-electron chi connectivity index (χ0n) is 16.2. The maximum Gasteiger partial charge on any atom is 0.416 e. The van der Waals surface area contributed by atoms with Crippen LogP contribution in [0.15, 0.2) is 59.2 Å². The number of nitrogens with zero attached hydrogens (tertiary/aromatic N) is 1. The highest BCUT2D eigenvalue weighted by Gasteiger charge is 2.30. The Morgan fingerprint density at radius 3 is 2.65 bits per heavy atom. The molecule has 2 heterocycles. The lowest BCUT2D eigenvalue weighted by molar-refractivity contribution is -0.137. The summed E-state index contributed by atoms with van der Waals surface area (Å²) in [5, 5.41) is 9.72. The molecule has 0 amide bonds. The molecule has 0 fully saturated rings. The second-order valence-corrected chi connectivity index (χ2v) is 8.97. The van der Waals surface area contributed by atoms with Gasteiger partial charge in [-0.05, 0) is 55.3 Å². The van der Waals surface area contributed by atoms with Gasteiger partial charge in [0.15, 0.2) is 0 Å². The zero-order valence-corrected chi connectivity index (χ0v) is 17.8. The van der Waals surface area contributed by atoms with Gasteiger partial charge in [-0.25, -0.2) is 9.78 Å². The molecule has 9 heteroatoms. The molecule has 0 unspecified atom stereocenters. The SMILES string of the molecule is Cc1nc(-c2ccc(C(F)(F)F)cc2)sc1CSc1ccc2c(c1)CC=C(C(=O)O)O2. The number of carboxylic acid groups (broad SMARTS) is 1. The summed E-state index contributed by atoms with van der Waals surface area (Å²) in [5.74, 6) is 0.0559. The van der Waals surface area contributed by atoms with Crippen molar-refractivity contribution >= 4 is 29.1 Å². The molecule has 4 nitrogen and oxygen atoms in total. The largest absolute Gasteiger partial charge is 0.475 e. The van der Waals surface area contributed by atoms with Crippen LogP contribution in [0.1, 0.15) is 21.7 Å². The number of benzene rings is 2. The van der Waals surface area contributed by atoms with E-state index in [1.54, 1.807) is 23.9 Å². The Hall–Kier alpha value is -2.78. The fourth-order valence-corrected chi connectivity index (χ4v) is 5.21. The van der Waals surface area contributed by atoms with Gasteiger partial charge >= 0.3 is 12.1 Å². The van der Waals surface area contributed by atoms with Crippen LogP contribution in [0.2, 0.25) is 0 Å². The molecule has 0 atom stereocenters. The van der Waals surface area contributed by atoms with Gasteiger partial charge in [0, 0.05) is 21.1 Å². The normalized spacial score (nSPS) is 13.4. The summed E-state index contributed by atoms with van der Waals surface area (Å²) in [5.41, 5.74) is 1.75. The van der Waals surface area contributed by atoms with E-state index in [1.165, 1.54) is 23.5 Å². The molecule has 4 rings (SSSR count). The van der Waals surface area contributed by atoms with Crippen LogP contribution in [0.25, 0.3) is 10.6 Å². The number of thioether (sulfide) groups is 1. The minimum Gasteiger partial charge on any atom is -0.475 e. The Bertz CT molecular complexity index is 1170. The predicted molar refractivity (Wildman–Crippen MR) is 113 cm³/mol. The summed E-state index contributed by atoms with van der Waals surface area (Å²) >= 11 is 3.08. The third-order valence-electron chi connectivity index (χ3n) is 4.69. The monoisotopic (exact) mass is 463 g/mol. The molecule has 1 aliphatic heterocycles. The van der Waals surface area contributed by atoms with Gasteiger partial charge in [0.05, 0.1) is 11.3 Å². The van der Waals surface area contributed by atoms with Crippen molar-refractivity contribution in [3.63, 3.8) is 0 Å². The smallest absolute Gasteiger partial charge is 0.416 e. The van der Waals surface area contributed by atoms with Crippen molar-refractivity contribution in [1.29, 1.82) is 0 Å². The summed E-state index contributed by atoms with van der Waals surface area (Å²) in [6, 6.07) is 10.6. The van der Waals surface area contributed by atoms with Gasteiger partial charge in [0.1, 0.15) is 10.8 Å². The van der Waals surface area contributed by atoms with Gasteiger partial charge in [0.2, 0.25) is 5.76 Å². The maximum atomic E-state index is 12.8. The molecule has 0 bridgehead atoms. The van der Waals surface area contributed by atoms with Gasteiger partial charge in [0.25, 0.3) is 0 Å². The molecule has 1 aromatic heterocycles. The standard InChI is InChI=1S/C22H16F3NO3S2/c1-12-19(31-20(26-12)13-2-5-15(6-3-13)22(23,24)25)11-30-16-7-9-17-14(10-16)4-8-18(29-17)21(27)28/h2-3,5-10H,4,11H2,1H3,(H,27,28). The van der Waals surface area contributed by atoms with Crippen LogP contribution in [0.3, 0.4) is 0 Å². The molecule has 3 aromatic rings. The topological polar surface area (TPSA) is 59.4 Å². The summed E-state index contributed by atoms with van der Waals surface area (Å²) in [4.78, 5) is 17.6.